The first kappa shape index (κ1) is 42.1. The Bertz CT molecular complexity index is 1510. The van der Waals surface area contributed by atoms with E-state index in [4.69, 9.17) is 37.9 Å². The zero-order valence-electron chi connectivity index (χ0n) is 35.1. The van der Waals surface area contributed by atoms with E-state index in [1.807, 2.05) is 20.8 Å². The van der Waals surface area contributed by atoms with Gasteiger partial charge in [0.25, 0.3) is 0 Å². The molecule has 4 saturated carbocycles. The molecule has 328 valence electrons. The molecule has 8 fully saturated rings. The van der Waals surface area contributed by atoms with Crippen LogP contribution in [0, 0.1) is 34.5 Å². The standard InChI is InChI=1S/C44H69NO13/c1-23-19-45(28-21-51-22-28)13-10-37(53-23)57-40-24(2)55-39(18-34(40)47)58-41-25(3)54-38(17-33(41)46)56-29-8-11-42(4)27(15-29)6-7-31-32(42)16-35(48)43(5)30(9-12-44(31,43)50)26-14-36(49)52-20-26/h14,23-25,27-35,37-41,46-48,50H,6-13,15-22H2,1-5H3/t23?,24-,25-,27?,29-,30+,31?,32?,33-,34-,35-,37?,38-,39-,40+,41+,42-,43-,44-/m0/s1. The van der Waals surface area contributed by atoms with E-state index in [2.05, 4.69) is 18.7 Å². The molecule has 5 heterocycles. The van der Waals surface area contributed by atoms with Gasteiger partial charge in [0.2, 0.25) is 0 Å². The summed E-state index contributed by atoms with van der Waals surface area (Å²) in [4.78, 5) is 14.4. The third-order valence-electron chi connectivity index (χ3n) is 16.9. The van der Waals surface area contributed by atoms with Crippen molar-refractivity contribution in [1.82, 2.24) is 4.90 Å². The topological polar surface area (TPSA) is 175 Å². The maximum Gasteiger partial charge on any atom is 0.331 e. The summed E-state index contributed by atoms with van der Waals surface area (Å²) < 4.78 is 48.7. The van der Waals surface area contributed by atoms with Crippen LogP contribution in [0.1, 0.15) is 105 Å². The van der Waals surface area contributed by atoms with Gasteiger partial charge in [0, 0.05) is 43.8 Å². The molecule has 14 nitrogen and oxygen atoms in total. The SMILES string of the molecule is CC1CN(C2COC2)CCC(O[C@@H]2[C@H](C)O[C@@H](O[C@@H]3[C@H](C)O[C@@H](O[C@H]4CC[C@@]5(C)C(CCC6C5C[C@H](O)[C@]5(C)[C@@H](C7=CC(=O)OC7)CC[C@]65O)C4)C[C@@H]3O)C[C@@H]2O)O1. The molecule has 4 saturated heterocycles. The number of esters is 1. The first-order chi connectivity index (χ1) is 27.7. The molecule has 4 aliphatic carbocycles. The third-order valence-corrected chi connectivity index (χ3v) is 16.9. The number of ether oxygens (including phenoxy) is 8. The monoisotopic (exact) mass is 819 g/mol. The van der Waals surface area contributed by atoms with E-state index in [1.54, 1.807) is 6.08 Å². The molecule has 58 heavy (non-hydrogen) atoms. The minimum absolute atomic E-state index is 0.00710. The second-order valence-corrected chi connectivity index (χ2v) is 20.1. The van der Waals surface area contributed by atoms with Crippen molar-refractivity contribution >= 4 is 5.97 Å². The van der Waals surface area contributed by atoms with E-state index in [0.717, 1.165) is 70.4 Å². The summed E-state index contributed by atoms with van der Waals surface area (Å²) in [5.41, 5.74) is -0.842. The molecular weight excluding hydrogens is 750 g/mol. The molecule has 9 aliphatic rings. The van der Waals surface area contributed by atoms with Crippen LogP contribution in [0.5, 0.6) is 0 Å². The summed E-state index contributed by atoms with van der Waals surface area (Å²) in [5, 5.41) is 47.1. The quantitative estimate of drug-likeness (QED) is 0.208. The number of hydrogen-bond donors (Lipinski definition) is 4. The molecule has 5 aliphatic heterocycles. The summed E-state index contributed by atoms with van der Waals surface area (Å²) in [6, 6.07) is 0.428. The van der Waals surface area contributed by atoms with Gasteiger partial charge in [-0.15, -0.1) is 0 Å². The summed E-state index contributed by atoms with van der Waals surface area (Å²) >= 11 is 0. The summed E-state index contributed by atoms with van der Waals surface area (Å²) in [6.07, 6.45) is 3.03. The number of carbonyl (C=O) groups excluding carboxylic acids is 1. The predicted octanol–water partition coefficient (Wildman–Crippen LogP) is 3.20. The Labute approximate surface area is 343 Å². The highest BCUT2D eigenvalue weighted by Gasteiger charge is 2.71. The molecule has 14 heteroatoms. The van der Waals surface area contributed by atoms with Gasteiger partial charge in [0.05, 0.1) is 67.6 Å². The largest absolute Gasteiger partial charge is 0.458 e. The lowest BCUT2D eigenvalue weighted by atomic mass is 9.42. The van der Waals surface area contributed by atoms with Gasteiger partial charge in [0.15, 0.2) is 18.9 Å². The van der Waals surface area contributed by atoms with Crippen molar-refractivity contribution in [2.75, 3.05) is 32.9 Å². The molecule has 0 amide bonds. The molecule has 0 aromatic carbocycles. The van der Waals surface area contributed by atoms with Gasteiger partial charge in [-0.25, -0.2) is 4.79 Å². The van der Waals surface area contributed by atoms with Gasteiger partial charge < -0.3 is 58.3 Å². The smallest absolute Gasteiger partial charge is 0.331 e. The first-order valence-corrected chi connectivity index (χ1v) is 22.5. The van der Waals surface area contributed by atoms with Gasteiger partial charge in [-0.05, 0) is 107 Å². The highest BCUT2D eigenvalue weighted by molar-refractivity contribution is 5.85. The number of hydrogen-bond acceptors (Lipinski definition) is 14. The Kier molecular flexibility index (Phi) is 11.7. The van der Waals surface area contributed by atoms with E-state index in [0.29, 0.717) is 31.2 Å². The van der Waals surface area contributed by atoms with Crippen LogP contribution in [0.2, 0.25) is 0 Å². The van der Waals surface area contributed by atoms with E-state index >= 15 is 0 Å². The Morgan fingerprint density at radius 1 is 0.776 bits per heavy atom. The molecule has 19 atom stereocenters. The van der Waals surface area contributed by atoms with Crippen LogP contribution in [0.3, 0.4) is 0 Å². The van der Waals surface area contributed by atoms with Crippen LogP contribution in [-0.2, 0) is 42.7 Å². The first-order valence-electron chi connectivity index (χ1n) is 22.5. The van der Waals surface area contributed by atoms with Crippen LogP contribution in [0.15, 0.2) is 11.6 Å². The van der Waals surface area contributed by atoms with Crippen molar-refractivity contribution < 1.29 is 63.1 Å². The van der Waals surface area contributed by atoms with Gasteiger partial charge in [-0.3, -0.25) is 4.90 Å². The van der Waals surface area contributed by atoms with Crippen molar-refractivity contribution in [1.29, 1.82) is 0 Å². The predicted molar refractivity (Wildman–Crippen MR) is 207 cm³/mol. The highest BCUT2D eigenvalue weighted by atomic mass is 16.7. The lowest BCUT2D eigenvalue weighted by Crippen LogP contribution is -2.67. The Hall–Kier alpha value is -1.27. The van der Waals surface area contributed by atoms with Crippen molar-refractivity contribution in [3.63, 3.8) is 0 Å². The molecule has 0 bridgehead atoms. The fourth-order valence-electron chi connectivity index (χ4n) is 13.6. The number of rotatable bonds is 8. The van der Waals surface area contributed by atoms with Crippen LogP contribution in [-0.4, -0.2) is 150 Å². The molecule has 0 aromatic rings. The zero-order chi connectivity index (χ0) is 40.7. The summed E-state index contributed by atoms with van der Waals surface area (Å²) in [6.45, 7) is 13.7. The van der Waals surface area contributed by atoms with E-state index in [9.17, 15) is 25.2 Å². The van der Waals surface area contributed by atoms with Gasteiger partial charge in [-0.1, -0.05) is 13.8 Å². The second-order valence-electron chi connectivity index (χ2n) is 20.1. The normalized spacial score (nSPS) is 52.8. The average molecular weight is 820 g/mol. The molecule has 9 rings (SSSR count). The Morgan fingerprint density at radius 3 is 2.10 bits per heavy atom. The number of cyclic esters (lactones) is 1. The van der Waals surface area contributed by atoms with Crippen molar-refractivity contribution in [2.45, 2.75) is 191 Å². The molecule has 4 N–H and O–H groups in total. The number of nitrogens with zero attached hydrogens (tertiary/aromatic N) is 1. The van der Waals surface area contributed by atoms with Crippen LogP contribution in [0.25, 0.3) is 0 Å². The van der Waals surface area contributed by atoms with E-state index < -0.39 is 72.6 Å². The number of aliphatic hydroxyl groups is 4. The fourth-order valence-corrected chi connectivity index (χ4v) is 13.6. The van der Waals surface area contributed by atoms with Crippen molar-refractivity contribution in [3.05, 3.63) is 11.6 Å². The highest BCUT2D eigenvalue weighted by Crippen LogP contribution is 2.70. The number of fused-ring (bicyclic) bond motifs is 5. The Balaban J connectivity index is 0.760. The Morgan fingerprint density at radius 2 is 1.47 bits per heavy atom. The second kappa shape index (κ2) is 16.1. The zero-order valence-corrected chi connectivity index (χ0v) is 35.1. The number of aliphatic hydroxyl groups excluding tert-OH is 3. The molecule has 5 unspecified atom stereocenters. The molecule has 0 radical (unpaired) electrons. The lowest BCUT2D eigenvalue weighted by molar-refractivity contribution is -0.329. The van der Waals surface area contributed by atoms with Gasteiger partial charge in [0.1, 0.15) is 18.8 Å². The minimum Gasteiger partial charge on any atom is -0.458 e. The lowest BCUT2D eigenvalue weighted by Gasteiger charge is -2.65. The molecule has 0 spiro atoms. The maximum absolute atomic E-state index is 12.6. The van der Waals surface area contributed by atoms with Gasteiger partial charge >= 0.3 is 5.97 Å². The van der Waals surface area contributed by atoms with E-state index in [-0.39, 0.29) is 60.8 Å². The minimum atomic E-state index is -1.00. The van der Waals surface area contributed by atoms with Crippen molar-refractivity contribution in [2.24, 2.45) is 34.5 Å². The van der Waals surface area contributed by atoms with Gasteiger partial charge in [-0.2, -0.15) is 0 Å². The average Bonchev–Trinajstić information content (AvgIpc) is 3.63. The molecule has 0 aromatic heterocycles. The van der Waals surface area contributed by atoms with Crippen LogP contribution in [0.4, 0.5) is 0 Å². The fraction of sp³-hybridized carbons (Fsp3) is 0.932. The van der Waals surface area contributed by atoms with E-state index in [1.165, 1.54) is 0 Å². The van der Waals surface area contributed by atoms with Crippen molar-refractivity contribution in [3.8, 4) is 0 Å². The van der Waals surface area contributed by atoms with Crippen LogP contribution < -0.4 is 0 Å². The van der Waals surface area contributed by atoms with Crippen LogP contribution >= 0.6 is 0 Å². The number of carbonyl (C=O) groups is 1. The maximum atomic E-state index is 12.6. The summed E-state index contributed by atoms with van der Waals surface area (Å²) in [7, 11) is 0. The summed E-state index contributed by atoms with van der Waals surface area (Å²) in [5.74, 6) is 0.271. The third kappa shape index (κ3) is 7.34. The molecular formula is C44H69NO13.